The van der Waals surface area contributed by atoms with Gasteiger partial charge in [-0.1, -0.05) is 17.7 Å². The number of hydrogen-bond acceptors (Lipinski definition) is 4. The molecule has 1 aromatic carbocycles. The highest BCUT2D eigenvalue weighted by molar-refractivity contribution is 6.30. The van der Waals surface area contributed by atoms with Crippen LogP contribution in [-0.4, -0.2) is 34.4 Å². The molecule has 132 valence electrons. The van der Waals surface area contributed by atoms with E-state index in [1.807, 2.05) is 42.5 Å². The molecule has 1 N–H and O–H groups in total. The van der Waals surface area contributed by atoms with E-state index in [0.717, 1.165) is 23.4 Å². The lowest BCUT2D eigenvalue weighted by Crippen LogP contribution is -2.29. The monoisotopic (exact) mass is 366 g/mol. The van der Waals surface area contributed by atoms with Crippen molar-refractivity contribution in [2.24, 2.45) is 0 Å². The molecular formula is C20H19ClN4O. The maximum absolute atomic E-state index is 12.6. The van der Waals surface area contributed by atoms with E-state index in [1.54, 1.807) is 36.6 Å². The predicted octanol–water partition coefficient (Wildman–Crippen LogP) is 4.19. The molecule has 0 fully saturated rings. The van der Waals surface area contributed by atoms with Crippen LogP contribution in [0.5, 0.6) is 0 Å². The lowest BCUT2D eigenvalue weighted by Gasteiger charge is -2.17. The standard InChI is InChI=1S/C20H19ClN4O/c1-25(12-8-15-5-9-22-10-6-15)20(26)19-14-18(7-11-23-19)24-17-4-2-3-16(21)13-17/h2-7,9-11,13-14H,8,12H2,1H3,(H,23,24). The number of nitrogens with one attached hydrogen (secondary N) is 1. The number of halogens is 1. The van der Waals surface area contributed by atoms with Crippen molar-refractivity contribution in [1.29, 1.82) is 0 Å². The third-order valence-electron chi connectivity index (χ3n) is 3.92. The first-order valence-electron chi connectivity index (χ1n) is 8.25. The fourth-order valence-corrected chi connectivity index (χ4v) is 2.69. The molecular weight excluding hydrogens is 348 g/mol. The number of aromatic nitrogens is 2. The molecule has 2 aromatic heterocycles. The lowest BCUT2D eigenvalue weighted by molar-refractivity contribution is 0.0791. The van der Waals surface area contributed by atoms with Crippen molar-refractivity contribution >= 4 is 28.9 Å². The topological polar surface area (TPSA) is 58.1 Å². The quantitative estimate of drug-likeness (QED) is 0.710. The first-order valence-corrected chi connectivity index (χ1v) is 8.62. The third kappa shape index (κ3) is 4.80. The minimum absolute atomic E-state index is 0.117. The van der Waals surface area contributed by atoms with Crippen LogP contribution in [0.3, 0.4) is 0 Å². The van der Waals surface area contributed by atoms with Crippen LogP contribution in [0.2, 0.25) is 5.02 Å². The molecule has 0 unspecified atom stereocenters. The van der Waals surface area contributed by atoms with E-state index in [-0.39, 0.29) is 5.91 Å². The maximum atomic E-state index is 12.6. The van der Waals surface area contributed by atoms with Gasteiger partial charge in [-0.2, -0.15) is 0 Å². The number of benzene rings is 1. The molecule has 26 heavy (non-hydrogen) atoms. The normalized spacial score (nSPS) is 10.4. The molecule has 0 atom stereocenters. The second-order valence-corrected chi connectivity index (χ2v) is 6.33. The summed E-state index contributed by atoms with van der Waals surface area (Å²) in [7, 11) is 1.78. The number of carbonyl (C=O) groups excluding carboxylic acids is 1. The van der Waals surface area contributed by atoms with Crippen molar-refractivity contribution in [1.82, 2.24) is 14.9 Å². The Balaban J connectivity index is 1.65. The molecule has 3 rings (SSSR count). The van der Waals surface area contributed by atoms with Gasteiger partial charge >= 0.3 is 0 Å². The third-order valence-corrected chi connectivity index (χ3v) is 4.16. The summed E-state index contributed by atoms with van der Waals surface area (Å²) in [6.07, 6.45) is 5.90. The zero-order chi connectivity index (χ0) is 18.4. The summed E-state index contributed by atoms with van der Waals surface area (Å²) >= 11 is 6.00. The Morgan fingerprint density at radius 2 is 1.85 bits per heavy atom. The Kier molecular flexibility index (Phi) is 5.81. The smallest absolute Gasteiger partial charge is 0.272 e. The first-order chi connectivity index (χ1) is 12.6. The molecule has 0 spiro atoms. The van der Waals surface area contributed by atoms with Gasteiger partial charge in [-0.25, -0.2) is 0 Å². The SMILES string of the molecule is CN(CCc1ccncc1)C(=O)c1cc(Nc2cccc(Cl)c2)ccn1. The summed E-state index contributed by atoms with van der Waals surface area (Å²) in [5.41, 5.74) is 3.18. The highest BCUT2D eigenvalue weighted by atomic mass is 35.5. The summed E-state index contributed by atoms with van der Waals surface area (Å²) < 4.78 is 0. The average Bonchev–Trinajstić information content (AvgIpc) is 2.66. The summed E-state index contributed by atoms with van der Waals surface area (Å²) in [6, 6.07) is 14.9. The van der Waals surface area contributed by atoms with Crippen molar-refractivity contribution < 1.29 is 4.79 Å². The molecule has 3 aromatic rings. The van der Waals surface area contributed by atoms with Gasteiger partial charge in [0.25, 0.3) is 5.91 Å². The van der Waals surface area contributed by atoms with Gasteiger partial charge in [0.15, 0.2) is 0 Å². The molecule has 0 bridgehead atoms. The van der Waals surface area contributed by atoms with Crippen LogP contribution < -0.4 is 5.32 Å². The number of amides is 1. The second kappa shape index (κ2) is 8.45. The van der Waals surface area contributed by atoms with Gasteiger partial charge in [-0.15, -0.1) is 0 Å². The van der Waals surface area contributed by atoms with Crippen LogP contribution in [0.15, 0.2) is 67.1 Å². The van der Waals surface area contributed by atoms with Crippen LogP contribution >= 0.6 is 11.6 Å². The molecule has 5 nitrogen and oxygen atoms in total. The highest BCUT2D eigenvalue weighted by Crippen LogP contribution is 2.20. The zero-order valence-electron chi connectivity index (χ0n) is 14.4. The summed E-state index contributed by atoms with van der Waals surface area (Å²) in [6.45, 7) is 0.608. The van der Waals surface area contributed by atoms with Crippen molar-refractivity contribution in [2.45, 2.75) is 6.42 Å². The molecule has 0 radical (unpaired) electrons. The maximum Gasteiger partial charge on any atom is 0.272 e. The van der Waals surface area contributed by atoms with Crippen LogP contribution in [0.4, 0.5) is 11.4 Å². The molecule has 0 aliphatic carbocycles. The molecule has 0 saturated heterocycles. The van der Waals surface area contributed by atoms with Gasteiger partial charge < -0.3 is 10.2 Å². The zero-order valence-corrected chi connectivity index (χ0v) is 15.1. The number of anilines is 2. The van der Waals surface area contributed by atoms with Crippen LogP contribution in [0, 0.1) is 0 Å². The predicted molar refractivity (Wildman–Crippen MR) is 104 cm³/mol. The van der Waals surface area contributed by atoms with Crippen molar-refractivity contribution in [2.75, 3.05) is 18.9 Å². The van der Waals surface area contributed by atoms with E-state index < -0.39 is 0 Å². The van der Waals surface area contributed by atoms with Crippen molar-refractivity contribution in [3.8, 4) is 0 Å². The summed E-state index contributed by atoms with van der Waals surface area (Å²) in [5.74, 6) is -0.117. The lowest BCUT2D eigenvalue weighted by atomic mass is 10.2. The van der Waals surface area contributed by atoms with E-state index in [0.29, 0.717) is 17.3 Å². The Morgan fingerprint density at radius 3 is 2.62 bits per heavy atom. The van der Waals surface area contributed by atoms with E-state index in [4.69, 9.17) is 11.6 Å². The van der Waals surface area contributed by atoms with Crippen molar-refractivity contribution in [3.05, 3.63) is 83.4 Å². The average molecular weight is 367 g/mol. The van der Waals surface area contributed by atoms with Crippen LogP contribution in [-0.2, 0) is 6.42 Å². The van der Waals surface area contributed by atoms with Crippen molar-refractivity contribution in [3.63, 3.8) is 0 Å². The summed E-state index contributed by atoms with van der Waals surface area (Å²) in [5, 5.41) is 3.88. The largest absolute Gasteiger partial charge is 0.355 e. The van der Waals surface area contributed by atoms with E-state index in [1.165, 1.54) is 0 Å². The number of rotatable bonds is 6. The number of pyridine rings is 2. The van der Waals surface area contributed by atoms with E-state index in [2.05, 4.69) is 15.3 Å². The molecule has 0 aliphatic rings. The van der Waals surface area contributed by atoms with E-state index in [9.17, 15) is 4.79 Å². The Bertz CT molecular complexity index is 886. The fourth-order valence-electron chi connectivity index (χ4n) is 2.50. The number of hydrogen-bond donors (Lipinski definition) is 1. The molecule has 6 heteroatoms. The van der Waals surface area contributed by atoms with Gasteiger partial charge in [0, 0.05) is 48.6 Å². The second-order valence-electron chi connectivity index (χ2n) is 5.90. The van der Waals surface area contributed by atoms with Crippen LogP contribution in [0.25, 0.3) is 0 Å². The van der Waals surface area contributed by atoms with Gasteiger partial charge in [0.1, 0.15) is 5.69 Å². The minimum atomic E-state index is -0.117. The number of carbonyl (C=O) groups is 1. The molecule has 1 amide bonds. The van der Waals surface area contributed by atoms with E-state index >= 15 is 0 Å². The van der Waals surface area contributed by atoms with Gasteiger partial charge in [-0.3, -0.25) is 14.8 Å². The molecule has 0 saturated carbocycles. The minimum Gasteiger partial charge on any atom is -0.355 e. The molecule has 2 heterocycles. The van der Waals surface area contributed by atoms with Gasteiger partial charge in [0.05, 0.1) is 0 Å². The Hall–Kier alpha value is -2.92. The van der Waals surface area contributed by atoms with Gasteiger partial charge in [-0.05, 0) is 54.4 Å². The molecule has 0 aliphatic heterocycles. The van der Waals surface area contributed by atoms with Crippen LogP contribution in [0.1, 0.15) is 16.1 Å². The Morgan fingerprint density at radius 1 is 1.08 bits per heavy atom. The summed E-state index contributed by atoms with van der Waals surface area (Å²) in [4.78, 5) is 22.5. The number of nitrogens with zero attached hydrogens (tertiary/aromatic N) is 3. The van der Waals surface area contributed by atoms with Gasteiger partial charge in [0.2, 0.25) is 0 Å². The first kappa shape index (κ1) is 17.9. The Labute approximate surface area is 157 Å². The highest BCUT2D eigenvalue weighted by Gasteiger charge is 2.13. The number of likely N-dealkylation sites (N-methyl/N-ethyl adjacent to an activating group) is 1. The fraction of sp³-hybridized carbons (Fsp3) is 0.150.